The van der Waals surface area contributed by atoms with Crippen LogP contribution in [0.3, 0.4) is 0 Å². The highest BCUT2D eigenvalue weighted by Gasteiger charge is 2.22. The van der Waals surface area contributed by atoms with E-state index in [1.807, 2.05) is 12.1 Å². The molecule has 0 saturated carbocycles. The summed E-state index contributed by atoms with van der Waals surface area (Å²) in [6, 6.07) is 7.17. The molecule has 1 amide bonds. The molecular formula is C15H13N3O3. The smallest absolute Gasteiger partial charge is 0.257 e. The van der Waals surface area contributed by atoms with Gasteiger partial charge in [0.25, 0.3) is 5.91 Å². The number of nitrogens with zero attached hydrogens (tertiary/aromatic N) is 2. The van der Waals surface area contributed by atoms with Gasteiger partial charge in [-0.1, -0.05) is 11.2 Å². The maximum atomic E-state index is 12.3. The lowest BCUT2D eigenvalue weighted by Crippen LogP contribution is -2.23. The molecule has 106 valence electrons. The van der Waals surface area contributed by atoms with Gasteiger partial charge in [-0.15, -0.1) is 0 Å². The number of hydrogen-bond acceptors (Lipinski definition) is 5. The van der Waals surface area contributed by atoms with E-state index >= 15 is 0 Å². The summed E-state index contributed by atoms with van der Waals surface area (Å²) in [6.07, 6.45) is 4.91. The number of rotatable bonds is 4. The van der Waals surface area contributed by atoms with E-state index in [0.717, 1.165) is 5.56 Å². The minimum atomic E-state index is -0.260. The lowest BCUT2D eigenvalue weighted by Gasteiger charge is -2.04. The number of pyridine rings is 1. The first kappa shape index (κ1) is 13.1. The van der Waals surface area contributed by atoms with Gasteiger partial charge in [0, 0.05) is 18.9 Å². The molecule has 0 radical (unpaired) electrons. The van der Waals surface area contributed by atoms with Crippen molar-refractivity contribution in [2.75, 3.05) is 0 Å². The molecule has 0 aromatic carbocycles. The Morgan fingerprint density at radius 1 is 1.33 bits per heavy atom. The van der Waals surface area contributed by atoms with Crippen LogP contribution in [0.15, 0.2) is 51.9 Å². The van der Waals surface area contributed by atoms with Crippen LogP contribution in [0.2, 0.25) is 0 Å². The Bertz CT molecular complexity index is 733. The first-order valence-corrected chi connectivity index (χ1v) is 6.43. The molecule has 0 spiro atoms. The fourth-order valence-electron chi connectivity index (χ4n) is 1.99. The fourth-order valence-corrected chi connectivity index (χ4v) is 1.99. The van der Waals surface area contributed by atoms with Gasteiger partial charge in [-0.25, -0.2) is 0 Å². The van der Waals surface area contributed by atoms with E-state index in [1.54, 1.807) is 31.5 Å². The van der Waals surface area contributed by atoms with Crippen molar-refractivity contribution in [2.24, 2.45) is 0 Å². The van der Waals surface area contributed by atoms with Gasteiger partial charge in [-0.2, -0.15) is 0 Å². The summed E-state index contributed by atoms with van der Waals surface area (Å²) >= 11 is 0. The van der Waals surface area contributed by atoms with Crippen LogP contribution in [-0.2, 0) is 6.54 Å². The van der Waals surface area contributed by atoms with Crippen molar-refractivity contribution in [1.29, 1.82) is 0 Å². The molecule has 3 rings (SSSR count). The molecule has 0 aliphatic rings. The molecule has 0 bridgehead atoms. The predicted octanol–water partition coefficient (Wildman–Crippen LogP) is 2.57. The minimum absolute atomic E-state index is 0.260. The van der Waals surface area contributed by atoms with Crippen LogP contribution in [0.5, 0.6) is 0 Å². The van der Waals surface area contributed by atoms with Crippen LogP contribution in [0.4, 0.5) is 0 Å². The maximum Gasteiger partial charge on any atom is 0.257 e. The first-order valence-electron chi connectivity index (χ1n) is 6.43. The molecule has 3 aromatic heterocycles. The lowest BCUT2D eigenvalue weighted by atomic mass is 10.1. The lowest BCUT2D eigenvalue weighted by molar-refractivity contribution is 0.0949. The van der Waals surface area contributed by atoms with Gasteiger partial charge >= 0.3 is 0 Å². The van der Waals surface area contributed by atoms with Crippen molar-refractivity contribution in [2.45, 2.75) is 13.5 Å². The number of carbonyl (C=O) groups excluding carboxylic acids is 1. The molecule has 21 heavy (non-hydrogen) atoms. The third kappa shape index (κ3) is 2.69. The number of aromatic nitrogens is 2. The highest BCUT2D eigenvalue weighted by Crippen LogP contribution is 2.25. The van der Waals surface area contributed by atoms with E-state index in [-0.39, 0.29) is 5.91 Å². The van der Waals surface area contributed by atoms with Crippen molar-refractivity contribution >= 4 is 5.91 Å². The molecule has 0 fully saturated rings. The summed E-state index contributed by atoms with van der Waals surface area (Å²) in [6.45, 7) is 2.08. The quantitative estimate of drug-likeness (QED) is 0.795. The van der Waals surface area contributed by atoms with Crippen LogP contribution in [0.1, 0.15) is 21.7 Å². The normalized spacial score (nSPS) is 10.5. The Hall–Kier alpha value is -2.89. The van der Waals surface area contributed by atoms with Crippen molar-refractivity contribution < 1.29 is 13.7 Å². The molecule has 0 atom stereocenters. The Kier molecular flexibility index (Phi) is 3.51. The third-order valence-electron chi connectivity index (χ3n) is 3.02. The highest BCUT2D eigenvalue weighted by atomic mass is 16.5. The van der Waals surface area contributed by atoms with E-state index < -0.39 is 0 Å². The summed E-state index contributed by atoms with van der Waals surface area (Å²) in [4.78, 5) is 16.3. The Balaban J connectivity index is 1.80. The van der Waals surface area contributed by atoms with E-state index in [0.29, 0.717) is 29.3 Å². The second-order valence-electron chi connectivity index (χ2n) is 4.48. The molecule has 1 N–H and O–H groups in total. The molecule has 3 heterocycles. The highest BCUT2D eigenvalue weighted by molar-refractivity contribution is 6.00. The summed E-state index contributed by atoms with van der Waals surface area (Å²) in [5.41, 5.74) is 1.70. The first-order chi connectivity index (χ1) is 10.3. The van der Waals surface area contributed by atoms with Crippen molar-refractivity contribution in [3.8, 4) is 11.5 Å². The van der Waals surface area contributed by atoms with Crippen LogP contribution >= 0.6 is 0 Å². The molecule has 0 aliphatic carbocycles. The number of furan rings is 1. The largest absolute Gasteiger partial charge is 0.463 e. The average molecular weight is 283 g/mol. The second kappa shape index (κ2) is 5.62. The van der Waals surface area contributed by atoms with Gasteiger partial charge in [0.2, 0.25) is 0 Å². The number of nitrogens with one attached hydrogen (secondary N) is 1. The minimum Gasteiger partial charge on any atom is -0.463 e. The molecule has 0 unspecified atom stereocenters. The zero-order chi connectivity index (χ0) is 14.7. The van der Waals surface area contributed by atoms with Gasteiger partial charge in [-0.3, -0.25) is 9.78 Å². The zero-order valence-corrected chi connectivity index (χ0v) is 11.4. The van der Waals surface area contributed by atoms with Crippen molar-refractivity contribution in [1.82, 2.24) is 15.5 Å². The predicted molar refractivity (Wildman–Crippen MR) is 74.3 cm³/mol. The number of amides is 1. The van der Waals surface area contributed by atoms with Gasteiger partial charge < -0.3 is 14.3 Å². The topological polar surface area (TPSA) is 81.2 Å². The monoisotopic (exact) mass is 283 g/mol. The standard InChI is InChI=1S/C15H13N3O3/c1-10-13(14(18-21-10)12-5-3-7-20-12)15(19)17-9-11-4-2-6-16-8-11/h2-8H,9H2,1H3,(H,17,19). The van der Waals surface area contributed by atoms with E-state index in [1.165, 1.54) is 6.26 Å². The van der Waals surface area contributed by atoms with Crippen LogP contribution in [0.25, 0.3) is 11.5 Å². The average Bonchev–Trinajstić information content (AvgIpc) is 3.15. The molecule has 0 saturated heterocycles. The molecule has 0 aliphatic heterocycles. The van der Waals surface area contributed by atoms with E-state index in [4.69, 9.17) is 8.94 Å². The van der Waals surface area contributed by atoms with Crippen LogP contribution < -0.4 is 5.32 Å². The maximum absolute atomic E-state index is 12.3. The summed E-state index contributed by atoms with van der Waals surface area (Å²) < 4.78 is 10.4. The Morgan fingerprint density at radius 3 is 2.95 bits per heavy atom. The molecule has 3 aromatic rings. The molecular weight excluding hydrogens is 270 g/mol. The Labute approximate surface area is 120 Å². The fraction of sp³-hybridized carbons (Fsp3) is 0.133. The van der Waals surface area contributed by atoms with Crippen LogP contribution in [0, 0.1) is 6.92 Å². The van der Waals surface area contributed by atoms with Gasteiger partial charge in [-0.05, 0) is 30.7 Å². The van der Waals surface area contributed by atoms with Crippen LogP contribution in [-0.4, -0.2) is 16.0 Å². The third-order valence-corrected chi connectivity index (χ3v) is 3.02. The van der Waals surface area contributed by atoms with Gasteiger partial charge in [0.1, 0.15) is 11.3 Å². The number of aryl methyl sites for hydroxylation is 1. The Morgan fingerprint density at radius 2 is 2.24 bits per heavy atom. The number of carbonyl (C=O) groups is 1. The zero-order valence-electron chi connectivity index (χ0n) is 11.4. The van der Waals surface area contributed by atoms with Crippen molar-refractivity contribution in [3.63, 3.8) is 0 Å². The van der Waals surface area contributed by atoms with E-state index in [2.05, 4.69) is 15.5 Å². The van der Waals surface area contributed by atoms with Gasteiger partial charge in [0.15, 0.2) is 11.5 Å². The van der Waals surface area contributed by atoms with E-state index in [9.17, 15) is 4.79 Å². The summed E-state index contributed by atoms with van der Waals surface area (Å²) in [5, 5.41) is 6.72. The summed E-state index contributed by atoms with van der Waals surface area (Å²) in [7, 11) is 0. The molecule has 6 nitrogen and oxygen atoms in total. The van der Waals surface area contributed by atoms with Gasteiger partial charge in [0.05, 0.1) is 6.26 Å². The second-order valence-corrected chi connectivity index (χ2v) is 4.48. The molecule has 6 heteroatoms. The van der Waals surface area contributed by atoms with Crippen molar-refractivity contribution in [3.05, 3.63) is 59.8 Å². The SMILES string of the molecule is Cc1onc(-c2ccco2)c1C(=O)NCc1cccnc1. The summed E-state index contributed by atoms with van der Waals surface area (Å²) in [5.74, 6) is 0.687. The number of hydrogen-bond donors (Lipinski definition) is 1.